The number of halogens is 2. The van der Waals surface area contributed by atoms with Crippen molar-refractivity contribution in [3.05, 3.63) is 83.8 Å². The normalized spacial score (nSPS) is 13.5. The van der Waals surface area contributed by atoms with E-state index in [1.165, 1.54) is 35.6 Å². The molecule has 1 saturated carbocycles. The second-order valence-electron chi connectivity index (χ2n) is 8.91. The van der Waals surface area contributed by atoms with E-state index >= 15 is 0 Å². The summed E-state index contributed by atoms with van der Waals surface area (Å²) in [5.74, 6) is -1.80. The number of hydrogen-bond donors (Lipinski definition) is 2. The fraction of sp³-hybridized carbons (Fsp3) is 0.259. The average molecular weight is 508 g/mol. The van der Waals surface area contributed by atoms with Crippen LogP contribution in [0.2, 0.25) is 0 Å². The lowest BCUT2D eigenvalue weighted by Crippen LogP contribution is -2.41. The molecule has 0 bridgehead atoms. The van der Waals surface area contributed by atoms with Gasteiger partial charge in [-0.3, -0.25) is 15.3 Å². The minimum Gasteiger partial charge on any atom is -0.470 e. The van der Waals surface area contributed by atoms with Crippen LogP contribution in [-0.2, 0) is 4.79 Å². The first kappa shape index (κ1) is 25.9. The summed E-state index contributed by atoms with van der Waals surface area (Å²) < 4.78 is 35.1. The van der Waals surface area contributed by atoms with Gasteiger partial charge >= 0.3 is 0 Å². The maximum atomic E-state index is 14.7. The van der Waals surface area contributed by atoms with Gasteiger partial charge in [0.25, 0.3) is 5.91 Å². The van der Waals surface area contributed by atoms with Gasteiger partial charge in [-0.05, 0) is 67.2 Å². The highest BCUT2D eigenvalue weighted by atomic mass is 19.1. The molecule has 1 aliphatic carbocycles. The summed E-state index contributed by atoms with van der Waals surface area (Å²) in [4.78, 5) is 34.1. The van der Waals surface area contributed by atoms with Gasteiger partial charge in [0.05, 0.1) is 18.3 Å². The average Bonchev–Trinajstić information content (AvgIpc) is 3.71. The zero-order chi connectivity index (χ0) is 26.7. The molecule has 1 aromatic heterocycles. The first-order valence-corrected chi connectivity index (χ1v) is 11.7. The number of likely N-dealkylation sites (N-methyl/N-ethyl adjacent to an activating group) is 1. The molecule has 0 saturated heterocycles. The molecule has 8 nitrogen and oxygen atoms in total. The SMILES string of the molecule is C=CC(=O)N(C)CC(N)Oc1cncnc1-c1cc(F)cc(NC(=O)c2ccc(C3CC3)cc2F)c1C. The van der Waals surface area contributed by atoms with Crippen molar-refractivity contribution in [2.45, 2.75) is 31.9 Å². The van der Waals surface area contributed by atoms with Gasteiger partial charge < -0.3 is 15.0 Å². The van der Waals surface area contributed by atoms with E-state index in [2.05, 4.69) is 21.9 Å². The van der Waals surface area contributed by atoms with Crippen molar-refractivity contribution in [2.75, 3.05) is 18.9 Å². The number of nitrogens with zero attached hydrogens (tertiary/aromatic N) is 3. The highest BCUT2D eigenvalue weighted by molar-refractivity contribution is 6.05. The number of anilines is 1. The zero-order valence-electron chi connectivity index (χ0n) is 20.5. The molecule has 0 aliphatic heterocycles. The van der Waals surface area contributed by atoms with Crippen molar-refractivity contribution >= 4 is 17.5 Å². The maximum Gasteiger partial charge on any atom is 0.258 e. The molecule has 37 heavy (non-hydrogen) atoms. The lowest BCUT2D eigenvalue weighted by molar-refractivity contribution is -0.125. The molecule has 1 fully saturated rings. The van der Waals surface area contributed by atoms with E-state index in [4.69, 9.17) is 10.5 Å². The number of carbonyl (C=O) groups excluding carboxylic acids is 2. The van der Waals surface area contributed by atoms with Crippen LogP contribution in [-0.4, -0.2) is 46.5 Å². The van der Waals surface area contributed by atoms with E-state index in [1.54, 1.807) is 20.0 Å². The Kier molecular flexibility index (Phi) is 7.58. The number of nitrogens with two attached hydrogens (primary N) is 1. The van der Waals surface area contributed by atoms with E-state index in [0.29, 0.717) is 17.0 Å². The lowest BCUT2D eigenvalue weighted by Gasteiger charge is -2.22. The fourth-order valence-corrected chi connectivity index (χ4v) is 3.95. The van der Waals surface area contributed by atoms with Gasteiger partial charge in [0.15, 0.2) is 12.0 Å². The van der Waals surface area contributed by atoms with Crippen molar-refractivity contribution in [3.63, 3.8) is 0 Å². The topological polar surface area (TPSA) is 110 Å². The Balaban J connectivity index is 1.59. The number of rotatable bonds is 9. The van der Waals surface area contributed by atoms with Gasteiger partial charge in [0.1, 0.15) is 23.7 Å². The quantitative estimate of drug-likeness (QED) is 0.332. The van der Waals surface area contributed by atoms with Crippen LogP contribution < -0.4 is 15.8 Å². The highest BCUT2D eigenvalue weighted by Gasteiger charge is 2.25. The van der Waals surface area contributed by atoms with Crippen molar-refractivity contribution in [1.82, 2.24) is 14.9 Å². The van der Waals surface area contributed by atoms with E-state index in [0.717, 1.165) is 30.5 Å². The van der Waals surface area contributed by atoms with Crippen LogP contribution in [0, 0.1) is 18.6 Å². The highest BCUT2D eigenvalue weighted by Crippen LogP contribution is 2.40. The number of nitrogens with one attached hydrogen (secondary N) is 1. The summed E-state index contributed by atoms with van der Waals surface area (Å²) >= 11 is 0. The van der Waals surface area contributed by atoms with Crippen LogP contribution in [0.15, 0.2) is 55.5 Å². The summed E-state index contributed by atoms with van der Waals surface area (Å²) in [6, 6.07) is 6.96. The summed E-state index contributed by atoms with van der Waals surface area (Å²) in [7, 11) is 1.55. The third-order valence-corrected chi connectivity index (χ3v) is 6.12. The summed E-state index contributed by atoms with van der Waals surface area (Å²) in [6.07, 6.45) is 4.88. The Morgan fingerprint density at radius 2 is 2.05 bits per heavy atom. The number of aromatic nitrogens is 2. The molecule has 4 rings (SSSR count). The van der Waals surface area contributed by atoms with Gasteiger partial charge in [-0.1, -0.05) is 12.6 Å². The van der Waals surface area contributed by atoms with Crippen LogP contribution in [0.25, 0.3) is 11.3 Å². The Morgan fingerprint density at radius 1 is 1.30 bits per heavy atom. The molecule has 0 radical (unpaired) electrons. The van der Waals surface area contributed by atoms with Crippen LogP contribution in [0.5, 0.6) is 5.75 Å². The van der Waals surface area contributed by atoms with Crippen molar-refractivity contribution in [3.8, 4) is 17.0 Å². The number of hydrogen-bond acceptors (Lipinski definition) is 6. The van der Waals surface area contributed by atoms with Crippen molar-refractivity contribution in [1.29, 1.82) is 0 Å². The predicted octanol–water partition coefficient (Wildman–Crippen LogP) is 4.17. The monoisotopic (exact) mass is 507 g/mol. The number of ether oxygens (including phenoxy) is 1. The van der Waals surface area contributed by atoms with Crippen LogP contribution >= 0.6 is 0 Å². The van der Waals surface area contributed by atoms with Crippen LogP contribution in [0.3, 0.4) is 0 Å². The third-order valence-electron chi connectivity index (χ3n) is 6.12. The van der Waals surface area contributed by atoms with E-state index < -0.39 is 23.8 Å². The van der Waals surface area contributed by atoms with E-state index in [-0.39, 0.29) is 35.1 Å². The maximum absolute atomic E-state index is 14.7. The number of amides is 2. The molecule has 1 atom stereocenters. The molecule has 1 unspecified atom stereocenters. The zero-order valence-corrected chi connectivity index (χ0v) is 20.5. The minimum atomic E-state index is -0.937. The molecule has 1 heterocycles. The molecule has 10 heteroatoms. The van der Waals surface area contributed by atoms with E-state index in [9.17, 15) is 18.4 Å². The van der Waals surface area contributed by atoms with Gasteiger partial charge in [0.2, 0.25) is 5.91 Å². The van der Waals surface area contributed by atoms with Crippen molar-refractivity contribution < 1.29 is 23.1 Å². The molecule has 3 N–H and O–H groups in total. The molecular formula is C27H27F2N5O3. The molecule has 2 amide bonds. The second kappa shape index (κ2) is 10.8. The first-order chi connectivity index (χ1) is 17.7. The summed E-state index contributed by atoms with van der Waals surface area (Å²) in [6.45, 7) is 5.15. The predicted molar refractivity (Wildman–Crippen MR) is 135 cm³/mol. The largest absolute Gasteiger partial charge is 0.470 e. The van der Waals surface area contributed by atoms with Gasteiger partial charge in [-0.2, -0.15) is 0 Å². The smallest absolute Gasteiger partial charge is 0.258 e. The Labute approximate surface area is 213 Å². The minimum absolute atomic E-state index is 0.0493. The standard InChI is InChI=1S/C27H27F2N5O3/c1-4-25(35)34(3)13-24(30)37-23-12-31-14-32-26(23)20-10-18(28)11-22(15(20)2)33-27(36)19-8-7-17(9-21(19)29)16-5-6-16/h4,7-12,14,16,24H,1,5-6,13,30H2,2-3H3,(H,33,36). The number of benzene rings is 2. The lowest BCUT2D eigenvalue weighted by atomic mass is 10.0. The van der Waals surface area contributed by atoms with E-state index in [1.807, 2.05) is 0 Å². The Bertz CT molecular complexity index is 1360. The fourth-order valence-electron chi connectivity index (χ4n) is 3.95. The number of carbonyl (C=O) groups is 2. The summed E-state index contributed by atoms with van der Waals surface area (Å²) in [5.41, 5.74) is 7.96. The van der Waals surface area contributed by atoms with Gasteiger partial charge in [-0.25, -0.2) is 18.7 Å². The second-order valence-corrected chi connectivity index (χ2v) is 8.91. The van der Waals surface area contributed by atoms with Gasteiger partial charge in [-0.15, -0.1) is 0 Å². The Morgan fingerprint density at radius 3 is 2.73 bits per heavy atom. The molecule has 2 aromatic carbocycles. The van der Waals surface area contributed by atoms with Crippen LogP contribution in [0.4, 0.5) is 14.5 Å². The molecular weight excluding hydrogens is 480 g/mol. The molecule has 3 aromatic rings. The van der Waals surface area contributed by atoms with Gasteiger partial charge in [0, 0.05) is 18.3 Å². The molecule has 192 valence electrons. The Hall–Kier alpha value is -4.18. The molecule has 1 aliphatic rings. The first-order valence-electron chi connectivity index (χ1n) is 11.7. The third kappa shape index (κ3) is 5.97. The molecule has 0 spiro atoms. The summed E-state index contributed by atoms with van der Waals surface area (Å²) in [5, 5.41) is 2.61. The van der Waals surface area contributed by atoms with Crippen molar-refractivity contribution in [2.24, 2.45) is 5.73 Å². The van der Waals surface area contributed by atoms with Crippen LogP contribution in [0.1, 0.15) is 40.2 Å².